The van der Waals surface area contributed by atoms with Gasteiger partial charge in [-0.15, -0.1) is 11.3 Å². The first-order chi connectivity index (χ1) is 12.7. The lowest BCUT2D eigenvalue weighted by atomic mass is 9.95. The van der Waals surface area contributed by atoms with Crippen LogP contribution in [0.5, 0.6) is 0 Å². The molecule has 3 nitrogen and oxygen atoms in total. The average Bonchev–Trinajstić information content (AvgIpc) is 3.32. The molecule has 1 N–H and O–H groups in total. The van der Waals surface area contributed by atoms with Gasteiger partial charge in [0.2, 0.25) is 0 Å². The smallest absolute Gasteiger partial charge is 0.263 e. The Balaban J connectivity index is 1.70. The van der Waals surface area contributed by atoms with Gasteiger partial charge in [-0.05, 0) is 42.7 Å². The van der Waals surface area contributed by atoms with Gasteiger partial charge in [0.05, 0.1) is 5.69 Å². The molecular formula is C21H21FN2OS. The molecule has 1 aromatic carbocycles. The van der Waals surface area contributed by atoms with Gasteiger partial charge in [0, 0.05) is 29.4 Å². The molecule has 1 aliphatic rings. The predicted octanol–water partition coefficient (Wildman–Crippen LogP) is 5.41. The Kier molecular flexibility index (Phi) is 4.89. The molecule has 1 amide bonds. The standard InChI is InChI=1S/C21H21FN2OS/c22-16-10-8-15(9-11-16)18-14-26-20(19(18)24-12-4-5-13-24)21(25)23-17-6-2-1-3-7-17/h4-5,8-14,17H,1-3,6-7H2,(H,23,25). The van der Waals surface area contributed by atoms with Crippen LogP contribution >= 0.6 is 11.3 Å². The van der Waals surface area contributed by atoms with Crippen molar-refractivity contribution in [2.75, 3.05) is 0 Å². The molecule has 1 saturated carbocycles. The van der Waals surface area contributed by atoms with Crippen LogP contribution < -0.4 is 5.32 Å². The third kappa shape index (κ3) is 3.44. The Hall–Kier alpha value is -2.40. The molecule has 5 heteroatoms. The summed E-state index contributed by atoms with van der Waals surface area (Å²) in [7, 11) is 0. The van der Waals surface area contributed by atoms with Gasteiger partial charge in [-0.2, -0.15) is 0 Å². The van der Waals surface area contributed by atoms with E-state index in [0.717, 1.165) is 29.7 Å². The number of thiophene rings is 1. The number of benzene rings is 1. The van der Waals surface area contributed by atoms with Gasteiger partial charge >= 0.3 is 0 Å². The molecule has 3 aromatic rings. The van der Waals surface area contributed by atoms with Crippen LogP contribution in [0.15, 0.2) is 54.2 Å². The Labute approximate surface area is 156 Å². The van der Waals surface area contributed by atoms with Gasteiger partial charge in [-0.25, -0.2) is 4.39 Å². The molecule has 0 spiro atoms. The third-order valence-corrected chi connectivity index (χ3v) is 5.90. The third-order valence-electron chi connectivity index (χ3n) is 4.93. The summed E-state index contributed by atoms with van der Waals surface area (Å²) in [5.41, 5.74) is 2.71. The van der Waals surface area contributed by atoms with Crippen LogP contribution in [0.25, 0.3) is 16.8 Å². The predicted molar refractivity (Wildman–Crippen MR) is 103 cm³/mol. The second-order valence-electron chi connectivity index (χ2n) is 6.73. The molecule has 26 heavy (non-hydrogen) atoms. The van der Waals surface area contributed by atoms with Crippen LogP contribution in [-0.4, -0.2) is 16.5 Å². The summed E-state index contributed by atoms with van der Waals surface area (Å²) < 4.78 is 15.3. The molecule has 0 aliphatic heterocycles. The molecule has 0 unspecified atom stereocenters. The second kappa shape index (κ2) is 7.46. The van der Waals surface area contributed by atoms with E-state index in [1.165, 1.54) is 42.7 Å². The van der Waals surface area contributed by atoms with Crippen molar-refractivity contribution in [1.29, 1.82) is 0 Å². The SMILES string of the molecule is O=C(NC1CCCCC1)c1scc(-c2ccc(F)cc2)c1-n1cccc1. The monoisotopic (exact) mass is 368 g/mol. The van der Waals surface area contributed by atoms with Crippen molar-refractivity contribution in [3.8, 4) is 16.8 Å². The van der Waals surface area contributed by atoms with Crippen molar-refractivity contribution in [1.82, 2.24) is 9.88 Å². The lowest BCUT2D eigenvalue weighted by Gasteiger charge is -2.22. The quantitative estimate of drug-likeness (QED) is 0.657. The van der Waals surface area contributed by atoms with E-state index in [-0.39, 0.29) is 17.8 Å². The van der Waals surface area contributed by atoms with E-state index in [4.69, 9.17) is 0 Å². The van der Waals surface area contributed by atoms with Gasteiger partial charge in [-0.1, -0.05) is 31.4 Å². The summed E-state index contributed by atoms with van der Waals surface area (Å²) in [4.78, 5) is 13.7. The number of hydrogen-bond acceptors (Lipinski definition) is 2. The Morgan fingerprint density at radius 3 is 2.46 bits per heavy atom. The lowest BCUT2D eigenvalue weighted by molar-refractivity contribution is 0.0932. The van der Waals surface area contributed by atoms with E-state index in [2.05, 4.69) is 5.32 Å². The number of amides is 1. The van der Waals surface area contributed by atoms with Crippen molar-refractivity contribution in [2.45, 2.75) is 38.1 Å². The van der Waals surface area contributed by atoms with Crippen molar-refractivity contribution in [3.63, 3.8) is 0 Å². The van der Waals surface area contributed by atoms with Crippen molar-refractivity contribution >= 4 is 17.2 Å². The Morgan fingerprint density at radius 2 is 1.77 bits per heavy atom. The Morgan fingerprint density at radius 1 is 1.08 bits per heavy atom. The van der Waals surface area contributed by atoms with Gasteiger partial charge < -0.3 is 9.88 Å². The molecule has 0 saturated heterocycles. The summed E-state index contributed by atoms with van der Waals surface area (Å²) in [5, 5.41) is 5.19. The fraction of sp³-hybridized carbons (Fsp3) is 0.286. The maximum absolute atomic E-state index is 13.3. The van der Waals surface area contributed by atoms with Crippen molar-refractivity contribution < 1.29 is 9.18 Å². The number of nitrogens with one attached hydrogen (secondary N) is 1. The van der Waals surface area contributed by atoms with Crippen LogP contribution in [-0.2, 0) is 0 Å². The highest BCUT2D eigenvalue weighted by Gasteiger charge is 2.23. The van der Waals surface area contributed by atoms with E-state index in [9.17, 15) is 9.18 Å². The summed E-state index contributed by atoms with van der Waals surface area (Å²) in [5.74, 6) is -0.277. The molecule has 1 aliphatic carbocycles. The molecule has 0 atom stereocenters. The van der Waals surface area contributed by atoms with Gasteiger partial charge in [0.15, 0.2) is 0 Å². The van der Waals surface area contributed by atoms with Crippen LogP contribution in [0.4, 0.5) is 4.39 Å². The normalized spacial score (nSPS) is 15.1. The first-order valence-electron chi connectivity index (χ1n) is 9.04. The molecule has 0 radical (unpaired) electrons. The number of aromatic nitrogens is 1. The number of carbonyl (C=O) groups excluding carboxylic acids is 1. The van der Waals surface area contributed by atoms with E-state index < -0.39 is 0 Å². The summed E-state index contributed by atoms with van der Waals surface area (Å²) in [6, 6.07) is 10.6. The minimum Gasteiger partial charge on any atom is -0.349 e. The van der Waals surface area contributed by atoms with Crippen LogP contribution in [0, 0.1) is 5.82 Å². The number of halogens is 1. The zero-order valence-corrected chi connectivity index (χ0v) is 15.3. The van der Waals surface area contributed by atoms with Gasteiger partial charge in [-0.3, -0.25) is 4.79 Å². The lowest BCUT2D eigenvalue weighted by Crippen LogP contribution is -2.36. The van der Waals surface area contributed by atoms with Crippen molar-refractivity contribution in [3.05, 3.63) is 64.9 Å². The maximum atomic E-state index is 13.3. The van der Waals surface area contributed by atoms with E-state index in [1.54, 1.807) is 12.1 Å². The van der Waals surface area contributed by atoms with Crippen molar-refractivity contribution in [2.24, 2.45) is 0 Å². The molecule has 0 bridgehead atoms. The first-order valence-corrected chi connectivity index (χ1v) is 9.92. The number of hydrogen-bond donors (Lipinski definition) is 1. The molecule has 4 rings (SSSR count). The highest BCUT2D eigenvalue weighted by atomic mass is 32.1. The summed E-state index contributed by atoms with van der Waals surface area (Å²) >= 11 is 1.44. The number of carbonyl (C=O) groups is 1. The largest absolute Gasteiger partial charge is 0.349 e. The van der Waals surface area contributed by atoms with Crippen LogP contribution in [0.1, 0.15) is 41.8 Å². The molecule has 2 heterocycles. The number of rotatable bonds is 4. The second-order valence-corrected chi connectivity index (χ2v) is 7.61. The highest BCUT2D eigenvalue weighted by molar-refractivity contribution is 7.13. The average molecular weight is 368 g/mol. The fourth-order valence-electron chi connectivity index (χ4n) is 3.58. The highest BCUT2D eigenvalue weighted by Crippen LogP contribution is 2.35. The molecular weight excluding hydrogens is 347 g/mol. The molecule has 134 valence electrons. The zero-order chi connectivity index (χ0) is 17.9. The van der Waals surface area contributed by atoms with Crippen LogP contribution in [0.3, 0.4) is 0 Å². The zero-order valence-electron chi connectivity index (χ0n) is 14.5. The fourth-order valence-corrected chi connectivity index (χ4v) is 4.56. The van der Waals surface area contributed by atoms with E-state index in [0.29, 0.717) is 4.88 Å². The first kappa shape index (κ1) is 17.0. The maximum Gasteiger partial charge on any atom is 0.263 e. The topological polar surface area (TPSA) is 34.0 Å². The van der Waals surface area contributed by atoms with E-state index in [1.807, 2.05) is 34.5 Å². The minimum absolute atomic E-state index is 0.0149. The Bertz CT molecular complexity index is 877. The number of nitrogens with zero attached hydrogens (tertiary/aromatic N) is 1. The summed E-state index contributed by atoms with van der Waals surface area (Å²) in [6.45, 7) is 0. The van der Waals surface area contributed by atoms with E-state index >= 15 is 0 Å². The van der Waals surface area contributed by atoms with Gasteiger partial charge in [0.25, 0.3) is 5.91 Å². The molecule has 2 aromatic heterocycles. The minimum atomic E-state index is -0.262. The summed E-state index contributed by atoms with van der Waals surface area (Å²) in [6.07, 6.45) is 9.61. The van der Waals surface area contributed by atoms with Gasteiger partial charge in [0.1, 0.15) is 10.7 Å². The molecule has 1 fully saturated rings. The van der Waals surface area contributed by atoms with Crippen LogP contribution in [0.2, 0.25) is 0 Å².